The van der Waals surface area contributed by atoms with Crippen molar-refractivity contribution in [2.24, 2.45) is 5.92 Å². The van der Waals surface area contributed by atoms with Crippen molar-refractivity contribution in [3.63, 3.8) is 0 Å². The second-order valence-corrected chi connectivity index (χ2v) is 7.09. The molecule has 134 valence electrons. The number of hydrogen-bond donors (Lipinski definition) is 1. The lowest BCUT2D eigenvalue weighted by Crippen LogP contribution is -2.52. The molecule has 2 atom stereocenters. The number of amides is 1. The van der Waals surface area contributed by atoms with Gasteiger partial charge in [-0.2, -0.15) is 5.26 Å². The van der Waals surface area contributed by atoms with Gasteiger partial charge in [-0.05, 0) is 50.7 Å². The van der Waals surface area contributed by atoms with E-state index in [4.69, 9.17) is 10.00 Å². The molecule has 0 bridgehead atoms. The Kier molecular flexibility index (Phi) is 5.24. The molecule has 0 aromatic carbocycles. The van der Waals surface area contributed by atoms with Gasteiger partial charge in [-0.3, -0.25) is 9.59 Å². The molecule has 2 aliphatic heterocycles. The summed E-state index contributed by atoms with van der Waals surface area (Å²) in [5.74, 6) is 0.633. The van der Waals surface area contributed by atoms with E-state index in [2.05, 4.69) is 4.98 Å². The molecule has 0 aliphatic carbocycles. The number of hydrogen-bond acceptors (Lipinski definition) is 4. The van der Waals surface area contributed by atoms with Crippen LogP contribution < -0.4 is 5.56 Å². The van der Waals surface area contributed by atoms with Gasteiger partial charge in [0.1, 0.15) is 11.6 Å². The number of aromatic amines is 1. The minimum atomic E-state index is -0.353. The third-order valence-corrected chi connectivity index (χ3v) is 5.64. The average Bonchev–Trinajstić information content (AvgIpc) is 2.61. The zero-order chi connectivity index (χ0) is 18.0. The van der Waals surface area contributed by atoms with Gasteiger partial charge in [0.25, 0.3) is 5.56 Å². The van der Waals surface area contributed by atoms with Gasteiger partial charge in [0.05, 0.1) is 6.61 Å². The molecule has 2 unspecified atom stereocenters. The van der Waals surface area contributed by atoms with E-state index < -0.39 is 0 Å². The molecule has 1 aromatic rings. The van der Waals surface area contributed by atoms with Crippen LogP contribution in [-0.2, 0) is 16.0 Å². The quantitative estimate of drug-likeness (QED) is 0.907. The summed E-state index contributed by atoms with van der Waals surface area (Å²) in [6.07, 6.45) is 4.05. The number of nitriles is 1. The lowest BCUT2D eigenvalue weighted by molar-refractivity contribution is -0.140. The van der Waals surface area contributed by atoms with E-state index in [1.807, 2.05) is 17.9 Å². The van der Waals surface area contributed by atoms with Crippen molar-refractivity contribution in [1.82, 2.24) is 9.88 Å². The Morgan fingerprint density at radius 1 is 1.40 bits per heavy atom. The lowest BCUT2D eigenvalue weighted by atomic mass is 9.86. The number of nitrogens with one attached hydrogen (secondary N) is 1. The number of carbonyl (C=O) groups excluding carboxylic acids is 1. The summed E-state index contributed by atoms with van der Waals surface area (Å²) in [6, 6.07) is 2.27. The lowest BCUT2D eigenvalue weighted by Gasteiger charge is -2.44. The highest BCUT2D eigenvalue weighted by Crippen LogP contribution is 2.30. The van der Waals surface area contributed by atoms with Crippen LogP contribution in [0.2, 0.25) is 0 Å². The van der Waals surface area contributed by atoms with Crippen LogP contribution in [0.25, 0.3) is 0 Å². The van der Waals surface area contributed by atoms with Crippen LogP contribution in [0.5, 0.6) is 0 Å². The van der Waals surface area contributed by atoms with Crippen LogP contribution in [0, 0.1) is 31.1 Å². The Hall–Kier alpha value is -2.13. The molecule has 25 heavy (non-hydrogen) atoms. The molecule has 0 saturated carbocycles. The van der Waals surface area contributed by atoms with Crippen LogP contribution in [0.1, 0.15) is 48.1 Å². The smallest absolute Gasteiger partial charge is 0.266 e. The Balaban J connectivity index is 1.72. The molecule has 1 amide bonds. The first-order valence-corrected chi connectivity index (χ1v) is 9.02. The first kappa shape index (κ1) is 17.7. The van der Waals surface area contributed by atoms with Crippen molar-refractivity contribution in [2.75, 3.05) is 19.8 Å². The Labute approximate surface area is 147 Å². The third kappa shape index (κ3) is 3.47. The summed E-state index contributed by atoms with van der Waals surface area (Å²) in [7, 11) is 0. The summed E-state index contributed by atoms with van der Waals surface area (Å²) in [5.41, 5.74) is 2.14. The summed E-state index contributed by atoms with van der Waals surface area (Å²) in [5, 5.41) is 9.17. The summed E-state index contributed by atoms with van der Waals surface area (Å²) in [6.45, 7) is 5.93. The number of rotatable bonds is 3. The molecule has 0 spiro atoms. The highest BCUT2D eigenvalue weighted by atomic mass is 16.5. The fourth-order valence-corrected chi connectivity index (χ4v) is 4.27. The summed E-state index contributed by atoms with van der Waals surface area (Å²) in [4.78, 5) is 29.4. The fraction of sp³-hybridized carbons (Fsp3) is 0.632. The second kappa shape index (κ2) is 7.40. The van der Waals surface area contributed by atoms with Gasteiger partial charge in [0.2, 0.25) is 5.91 Å². The van der Waals surface area contributed by atoms with Crippen LogP contribution in [0.4, 0.5) is 0 Å². The number of aromatic nitrogens is 1. The normalized spacial score (nSPS) is 23.0. The first-order chi connectivity index (χ1) is 12.0. The van der Waals surface area contributed by atoms with E-state index in [0.29, 0.717) is 30.4 Å². The monoisotopic (exact) mass is 343 g/mol. The molecular formula is C19H25N3O3. The van der Waals surface area contributed by atoms with E-state index >= 15 is 0 Å². The topological polar surface area (TPSA) is 86.2 Å². The van der Waals surface area contributed by atoms with E-state index in [9.17, 15) is 9.59 Å². The molecule has 6 nitrogen and oxygen atoms in total. The van der Waals surface area contributed by atoms with Gasteiger partial charge >= 0.3 is 0 Å². The van der Waals surface area contributed by atoms with Crippen molar-refractivity contribution in [3.8, 4) is 6.07 Å². The molecule has 6 heteroatoms. The number of likely N-dealkylation sites (tertiary alicyclic amines) is 1. The predicted octanol–water partition coefficient (Wildman–Crippen LogP) is 1.82. The van der Waals surface area contributed by atoms with Gasteiger partial charge in [0, 0.05) is 37.2 Å². The second-order valence-electron chi connectivity index (χ2n) is 7.09. The third-order valence-electron chi connectivity index (χ3n) is 5.64. The maximum atomic E-state index is 12.8. The minimum absolute atomic E-state index is 0.149. The maximum Gasteiger partial charge on any atom is 0.266 e. The molecule has 2 fully saturated rings. The molecule has 3 heterocycles. The maximum absolute atomic E-state index is 12.8. The van der Waals surface area contributed by atoms with Gasteiger partial charge in [0.15, 0.2) is 0 Å². The summed E-state index contributed by atoms with van der Waals surface area (Å²) < 4.78 is 5.56. The van der Waals surface area contributed by atoms with E-state index in [1.165, 1.54) is 0 Å². The predicted molar refractivity (Wildman–Crippen MR) is 93.2 cm³/mol. The molecule has 2 saturated heterocycles. The number of piperidine rings is 1. The number of carbonyl (C=O) groups is 1. The Morgan fingerprint density at radius 3 is 2.96 bits per heavy atom. The van der Waals surface area contributed by atoms with Gasteiger partial charge in [-0.25, -0.2) is 0 Å². The van der Waals surface area contributed by atoms with E-state index in [-0.39, 0.29) is 17.0 Å². The van der Waals surface area contributed by atoms with Crippen molar-refractivity contribution >= 4 is 5.91 Å². The van der Waals surface area contributed by atoms with Crippen molar-refractivity contribution in [2.45, 2.75) is 52.0 Å². The number of H-pyrrole nitrogens is 1. The van der Waals surface area contributed by atoms with Crippen LogP contribution in [-0.4, -0.2) is 41.6 Å². The molecule has 3 rings (SSSR count). The average molecular weight is 343 g/mol. The molecular weight excluding hydrogens is 318 g/mol. The van der Waals surface area contributed by atoms with Gasteiger partial charge in [-0.1, -0.05) is 0 Å². The van der Waals surface area contributed by atoms with Crippen molar-refractivity contribution < 1.29 is 9.53 Å². The molecule has 1 aromatic heterocycles. The van der Waals surface area contributed by atoms with E-state index in [1.54, 1.807) is 6.92 Å². The fourth-order valence-electron chi connectivity index (χ4n) is 4.27. The highest BCUT2D eigenvalue weighted by molar-refractivity contribution is 5.77. The molecule has 2 aliphatic rings. The number of fused-ring (bicyclic) bond motifs is 1. The van der Waals surface area contributed by atoms with Gasteiger partial charge in [-0.15, -0.1) is 0 Å². The van der Waals surface area contributed by atoms with Crippen molar-refractivity contribution in [1.29, 1.82) is 5.26 Å². The SMILES string of the molecule is Cc1[nH]c(=O)c(C#N)c(C)c1CCC(=O)N1CCCC2COCCC21. The zero-order valence-electron chi connectivity index (χ0n) is 14.9. The number of nitrogens with zero attached hydrogens (tertiary/aromatic N) is 2. The Bertz CT molecular complexity index is 760. The van der Waals surface area contributed by atoms with E-state index in [0.717, 1.165) is 50.3 Å². The number of pyridine rings is 1. The minimum Gasteiger partial charge on any atom is -0.381 e. The molecule has 1 N–H and O–H groups in total. The van der Waals surface area contributed by atoms with Crippen molar-refractivity contribution in [3.05, 3.63) is 32.7 Å². The van der Waals surface area contributed by atoms with Gasteiger partial charge < -0.3 is 14.6 Å². The largest absolute Gasteiger partial charge is 0.381 e. The van der Waals surface area contributed by atoms with Crippen LogP contribution in [0.15, 0.2) is 4.79 Å². The van der Waals surface area contributed by atoms with Crippen LogP contribution >= 0.6 is 0 Å². The highest BCUT2D eigenvalue weighted by Gasteiger charge is 2.36. The number of aryl methyl sites for hydroxylation is 1. The zero-order valence-corrected chi connectivity index (χ0v) is 14.9. The summed E-state index contributed by atoms with van der Waals surface area (Å²) >= 11 is 0. The first-order valence-electron chi connectivity index (χ1n) is 9.02. The standard InChI is InChI=1S/C19H25N3O3/c1-12-15(13(2)21-19(24)16(12)10-20)5-6-18(23)22-8-3-4-14-11-25-9-7-17(14)22/h14,17H,3-9,11H2,1-2H3,(H,21,24). The van der Waals surface area contributed by atoms with Crippen LogP contribution in [0.3, 0.4) is 0 Å². The number of ether oxygens (including phenoxy) is 1. The molecule has 0 radical (unpaired) electrons. The Morgan fingerprint density at radius 2 is 2.20 bits per heavy atom.